The van der Waals surface area contributed by atoms with Crippen LogP contribution in [0.3, 0.4) is 0 Å². The summed E-state index contributed by atoms with van der Waals surface area (Å²) in [5.74, 6) is 0.795. The van der Waals surface area contributed by atoms with E-state index in [0.717, 1.165) is 5.75 Å². The second kappa shape index (κ2) is 4.32. The number of carbonyl (C=O) groups is 1. The number of hydrogen-bond donors (Lipinski definition) is 1. The van der Waals surface area contributed by atoms with Crippen molar-refractivity contribution in [2.45, 2.75) is 25.1 Å². The molecule has 2 heterocycles. The SMILES string of the molecule is CC1SCCN(C(=O)c2nonc2N)C1C. The number of aromatic nitrogens is 2. The van der Waals surface area contributed by atoms with Crippen LogP contribution in [0.1, 0.15) is 24.3 Å². The Bertz CT molecular complexity index is 395. The van der Waals surface area contributed by atoms with Crippen LogP contribution >= 0.6 is 11.8 Å². The number of thioether (sulfide) groups is 1. The second-order valence-electron chi connectivity index (χ2n) is 3.81. The minimum atomic E-state index is -0.196. The average Bonchev–Trinajstić information content (AvgIpc) is 2.68. The third kappa shape index (κ3) is 1.87. The van der Waals surface area contributed by atoms with Crippen molar-refractivity contribution in [3.8, 4) is 0 Å². The Labute approximate surface area is 97.5 Å². The van der Waals surface area contributed by atoms with Gasteiger partial charge in [-0.25, -0.2) is 4.63 Å². The lowest BCUT2D eigenvalue weighted by atomic mass is 10.2. The summed E-state index contributed by atoms with van der Waals surface area (Å²) in [5, 5.41) is 7.37. The lowest BCUT2D eigenvalue weighted by molar-refractivity contribution is 0.0687. The smallest absolute Gasteiger partial charge is 0.280 e. The molecular weight excluding hydrogens is 228 g/mol. The van der Waals surface area contributed by atoms with Crippen molar-refractivity contribution in [2.75, 3.05) is 18.0 Å². The Morgan fingerprint density at radius 1 is 1.56 bits per heavy atom. The maximum absolute atomic E-state index is 12.1. The Morgan fingerprint density at radius 3 is 2.94 bits per heavy atom. The fraction of sp³-hybridized carbons (Fsp3) is 0.667. The van der Waals surface area contributed by atoms with E-state index in [1.165, 1.54) is 0 Å². The molecule has 7 heteroatoms. The first-order valence-corrected chi connectivity index (χ1v) is 6.16. The molecule has 1 amide bonds. The predicted molar refractivity (Wildman–Crippen MR) is 61.1 cm³/mol. The topological polar surface area (TPSA) is 85.2 Å². The molecule has 1 aliphatic rings. The zero-order valence-electron chi connectivity index (χ0n) is 9.21. The molecule has 0 aromatic carbocycles. The quantitative estimate of drug-likeness (QED) is 0.777. The van der Waals surface area contributed by atoms with Crippen molar-refractivity contribution in [1.29, 1.82) is 0 Å². The highest BCUT2D eigenvalue weighted by Crippen LogP contribution is 2.25. The monoisotopic (exact) mass is 242 g/mol. The van der Waals surface area contributed by atoms with Gasteiger partial charge in [0, 0.05) is 23.6 Å². The lowest BCUT2D eigenvalue weighted by Gasteiger charge is -2.36. The number of nitrogen functional groups attached to an aromatic ring is 1. The minimum Gasteiger partial charge on any atom is -0.379 e. The average molecular weight is 242 g/mol. The molecule has 1 fully saturated rings. The number of nitrogens with two attached hydrogens (primary N) is 1. The van der Waals surface area contributed by atoms with E-state index in [4.69, 9.17) is 5.73 Å². The largest absolute Gasteiger partial charge is 0.379 e. The first kappa shape index (κ1) is 11.3. The van der Waals surface area contributed by atoms with E-state index >= 15 is 0 Å². The molecule has 1 aromatic rings. The second-order valence-corrected chi connectivity index (χ2v) is 5.30. The molecule has 2 rings (SSSR count). The van der Waals surface area contributed by atoms with Crippen LogP contribution in [0.4, 0.5) is 5.82 Å². The van der Waals surface area contributed by atoms with Crippen molar-refractivity contribution in [3.63, 3.8) is 0 Å². The van der Waals surface area contributed by atoms with Crippen LogP contribution in [0.5, 0.6) is 0 Å². The third-order valence-electron chi connectivity index (χ3n) is 2.86. The summed E-state index contributed by atoms with van der Waals surface area (Å²) < 4.78 is 4.44. The summed E-state index contributed by atoms with van der Waals surface area (Å²) in [5.41, 5.74) is 5.62. The summed E-state index contributed by atoms with van der Waals surface area (Å²) in [7, 11) is 0. The van der Waals surface area contributed by atoms with Gasteiger partial charge in [0.25, 0.3) is 5.91 Å². The van der Waals surface area contributed by atoms with Gasteiger partial charge in [-0.05, 0) is 17.2 Å². The molecular formula is C9H14N4O2S. The molecule has 1 saturated heterocycles. The third-order valence-corrected chi connectivity index (χ3v) is 4.20. The van der Waals surface area contributed by atoms with E-state index < -0.39 is 0 Å². The summed E-state index contributed by atoms with van der Waals surface area (Å²) in [6.07, 6.45) is 0. The number of anilines is 1. The van der Waals surface area contributed by atoms with Crippen LogP contribution < -0.4 is 5.73 Å². The van der Waals surface area contributed by atoms with Gasteiger partial charge in [-0.3, -0.25) is 4.79 Å². The molecule has 1 aromatic heterocycles. The van der Waals surface area contributed by atoms with Crippen molar-refractivity contribution < 1.29 is 9.42 Å². The molecule has 0 saturated carbocycles. The van der Waals surface area contributed by atoms with E-state index in [2.05, 4.69) is 21.9 Å². The number of rotatable bonds is 1. The molecule has 0 bridgehead atoms. The molecule has 0 spiro atoms. The Hall–Kier alpha value is -1.24. The van der Waals surface area contributed by atoms with Crippen LogP contribution in [0.25, 0.3) is 0 Å². The molecule has 88 valence electrons. The number of carbonyl (C=O) groups excluding carboxylic acids is 1. The van der Waals surface area contributed by atoms with Gasteiger partial charge >= 0.3 is 0 Å². The fourth-order valence-electron chi connectivity index (χ4n) is 1.70. The number of nitrogens with zero attached hydrogens (tertiary/aromatic N) is 3. The van der Waals surface area contributed by atoms with Gasteiger partial charge in [0.2, 0.25) is 11.5 Å². The highest BCUT2D eigenvalue weighted by Gasteiger charge is 2.32. The molecule has 2 N–H and O–H groups in total. The van der Waals surface area contributed by atoms with Crippen molar-refractivity contribution in [1.82, 2.24) is 15.2 Å². The van der Waals surface area contributed by atoms with E-state index in [1.54, 1.807) is 4.90 Å². The van der Waals surface area contributed by atoms with Crippen LogP contribution in [-0.4, -0.2) is 44.7 Å². The summed E-state index contributed by atoms with van der Waals surface area (Å²) in [6.45, 7) is 4.85. The Balaban J connectivity index is 2.18. The lowest BCUT2D eigenvalue weighted by Crippen LogP contribution is -2.48. The zero-order valence-corrected chi connectivity index (χ0v) is 10.0. The standard InChI is InChI=1S/C9H14N4O2S/c1-5-6(2)16-4-3-13(5)9(14)7-8(10)12-15-11-7/h5-6H,3-4H2,1-2H3,(H2,10,12). The maximum Gasteiger partial charge on any atom is 0.280 e. The molecule has 1 aliphatic heterocycles. The summed E-state index contributed by atoms with van der Waals surface area (Å²) in [6, 6.07) is 0.169. The van der Waals surface area contributed by atoms with Crippen LogP contribution in [0, 0.1) is 0 Å². The van der Waals surface area contributed by atoms with Crippen molar-refractivity contribution >= 4 is 23.5 Å². The highest BCUT2D eigenvalue weighted by molar-refractivity contribution is 8.00. The van der Waals surface area contributed by atoms with Gasteiger partial charge in [-0.15, -0.1) is 0 Å². The molecule has 2 unspecified atom stereocenters. The van der Waals surface area contributed by atoms with E-state index in [-0.39, 0.29) is 23.5 Å². The summed E-state index contributed by atoms with van der Waals surface area (Å²) >= 11 is 1.86. The van der Waals surface area contributed by atoms with E-state index in [0.29, 0.717) is 11.8 Å². The van der Waals surface area contributed by atoms with Gasteiger partial charge < -0.3 is 10.6 Å². The van der Waals surface area contributed by atoms with Gasteiger partial charge in [0.05, 0.1) is 0 Å². The molecule has 2 atom stereocenters. The first-order valence-electron chi connectivity index (χ1n) is 5.12. The van der Waals surface area contributed by atoms with E-state index in [9.17, 15) is 4.79 Å². The van der Waals surface area contributed by atoms with Gasteiger partial charge in [-0.1, -0.05) is 6.92 Å². The molecule has 0 aliphatic carbocycles. The highest BCUT2D eigenvalue weighted by atomic mass is 32.2. The van der Waals surface area contributed by atoms with Gasteiger partial charge in [0.1, 0.15) is 0 Å². The molecule has 0 radical (unpaired) electrons. The Morgan fingerprint density at radius 2 is 2.31 bits per heavy atom. The van der Waals surface area contributed by atoms with Crippen LogP contribution in [0.2, 0.25) is 0 Å². The minimum absolute atomic E-state index is 0.0584. The number of hydrogen-bond acceptors (Lipinski definition) is 6. The first-order chi connectivity index (χ1) is 7.61. The van der Waals surface area contributed by atoms with Crippen LogP contribution in [0.15, 0.2) is 4.63 Å². The normalized spacial score (nSPS) is 25.8. The van der Waals surface area contributed by atoms with Crippen molar-refractivity contribution in [3.05, 3.63) is 5.69 Å². The van der Waals surface area contributed by atoms with Gasteiger partial charge in [-0.2, -0.15) is 11.8 Å². The van der Waals surface area contributed by atoms with Crippen LogP contribution in [-0.2, 0) is 0 Å². The predicted octanol–water partition coefficient (Wildman–Crippen LogP) is 0.618. The van der Waals surface area contributed by atoms with Crippen molar-refractivity contribution in [2.24, 2.45) is 0 Å². The maximum atomic E-state index is 12.1. The van der Waals surface area contributed by atoms with Gasteiger partial charge in [0.15, 0.2) is 0 Å². The summed E-state index contributed by atoms with van der Waals surface area (Å²) in [4.78, 5) is 13.9. The fourth-order valence-corrected chi connectivity index (χ4v) is 2.80. The Kier molecular flexibility index (Phi) is 3.04. The molecule has 6 nitrogen and oxygen atoms in total. The van der Waals surface area contributed by atoms with E-state index in [1.807, 2.05) is 18.7 Å². The molecule has 16 heavy (non-hydrogen) atoms. The zero-order chi connectivity index (χ0) is 11.7. The number of amides is 1.